The fourth-order valence-electron chi connectivity index (χ4n) is 2.54. The van der Waals surface area contributed by atoms with Crippen LogP contribution in [0.2, 0.25) is 0 Å². The van der Waals surface area contributed by atoms with Crippen molar-refractivity contribution >= 4 is 0 Å². The molecule has 0 aliphatic carbocycles. The summed E-state index contributed by atoms with van der Waals surface area (Å²) in [4.78, 5) is 0. The highest BCUT2D eigenvalue weighted by Gasteiger charge is 2.28. The number of rotatable bonds is 2. The van der Waals surface area contributed by atoms with Crippen molar-refractivity contribution in [3.8, 4) is 0 Å². The second-order valence-electron chi connectivity index (χ2n) is 5.57. The van der Waals surface area contributed by atoms with Crippen LogP contribution in [0.1, 0.15) is 44.9 Å². The van der Waals surface area contributed by atoms with Gasteiger partial charge >= 0.3 is 0 Å². The Balaban J connectivity index is 2.15. The van der Waals surface area contributed by atoms with E-state index in [1.165, 1.54) is 11.1 Å². The maximum absolute atomic E-state index is 6.09. The third kappa shape index (κ3) is 2.93. The Morgan fingerprint density at radius 1 is 1.11 bits per heavy atom. The van der Waals surface area contributed by atoms with Crippen molar-refractivity contribution in [2.45, 2.75) is 52.3 Å². The number of benzene rings is 1. The molecule has 2 rings (SSSR count). The lowest BCUT2D eigenvalue weighted by Crippen LogP contribution is -2.39. The van der Waals surface area contributed by atoms with Gasteiger partial charge in [-0.3, -0.25) is 0 Å². The minimum atomic E-state index is 0.170. The van der Waals surface area contributed by atoms with E-state index < -0.39 is 0 Å². The van der Waals surface area contributed by atoms with Crippen molar-refractivity contribution < 1.29 is 4.74 Å². The first-order valence-electron chi connectivity index (χ1n) is 7.08. The van der Waals surface area contributed by atoms with Gasteiger partial charge in [-0.25, -0.2) is 0 Å². The van der Waals surface area contributed by atoms with Crippen LogP contribution >= 0.6 is 0 Å². The van der Waals surface area contributed by atoms with Crippen molar-refractivity contribution in [2.24, 2.45) is 5.92 Å². The molecule has 0 spiro atoms. The van der Waals surface area contributed by atoms with E-state index in [2.05, 4.69) is 57.3 Å². The number of hydrogen-bond donors (Lipinski definition) is 1. The van der Waals surface area contributed by atoms with E-state index in [9.17, 15) is 0 Å². The highest BCUT2D eigenvalue weighted by atomic mass is 16.5. The molecule has 0 radical (unpaired) electrons. The highest BCUT2D eigenvalue weighted by Crippen LogP contribution is 2.26. The summed E-state index contributed by atoms with van der Waals surface area (Å²) in [5.74, 6) is 0.562. The van der Waals surface area contributed by atoms with Crippen LogP contribution in [0.5, 0.6) is 0 Å². The van der Waals surface area contributed by atoms with Crippen molar-refractivity contribution in [1.82, 2.24) is 5.32 Å². The normalized spacial score (nSPS) is 33.1. The standard InChI is InChI=1S/C16H25NO/c1-5-14-6-8-15(9-7-14)16-13(4)17-12(3)11(2)10-18-16/h6-9,11-13,16-17H,5,10H2,1-4H3. The van der Waals surface area contributed by atoms with Gasteiger partial charge in [0.15, 0.2) is 0 Å². The second kappa shape index (κ2) is 5.85. The molecule has 0 amide bonds. The molecule has 1 aromatic rings. The molecule has 4 unspecified atom stereocenters. The largest absolute Gasteiger partial charge is 0.372 e. The first-order chi connectivity index (χ1) is 8.61. The molecule has 0 bridgehead atoms. The van der Waals surface area contributed by atoms with E-state index in [-0.39, 0.29) is 6.10 Å². The first kappa shape index (κ1) is 13.6. The summed E-state index contributed by atoms with van der Waals surface area (Å²) >= 11 is 0. The van der Waals surface area contributed by atoms with E-state index in [4.69, 9.17) is 4.74 Å². The van der Waals surface area contributed by atoms with Crippen LogP contribution in [0, 0.1) is 5.92 Å². The summed E-state index contributed by atoms with van der Waals surface area (Å²) in [6.45, 7) is 9.72. The van der Waals surface area contributed by atoms with Crippen LogP contribution in [-0.4, -0.2) is 18.7 Å². The predicted octanol–water partition coefficient (Wildman–Crippen LogP) is 3.32. The predicted molar refractivity (Wildman–Crippen MR) is 75.7 cm³/mol. The molecular formula is C16H25NO. The van der Waals surface area contributed by atoms with E-state index in [0.29, 0.717) is 18.0 Å². The van der Waals surface area contributed by atoms with Gasteiger partial charge in [0.1, 0.15) is 0 Å². The molecular weight excluding hydrogens is 222 g/mol. The van der Waals surface area contributed by atoms with Gasteiger partial charge in [0.05, 0.1) is 12.7 Å². The van der Waals surface area contributed by atoms with Gasteiger partial charge in [-0.2, -0.15) is 0 Å². The molecule has 100 valence electrons. The molecule has 0 saturated carbocycles. The average Bonchev–Trinajstić information content (AvgIpc) is 2.50. The SMILES string of the molecule is CCc1ccc(C2OCC(C)C(C)NC2C)cc1. The quantitative estimate of drug-likeness (QED) is 0.865. The molecule has 1 saturated heterocycles. The Kier molecular flexibility index (Phi) is 4.41. The molecule has 1 aromatic carbocycles. The molecule has 1 aliphatic rings. The van der Waals surface area contributed by atoms with Gasteiger partial charge in [-0.1, -0.05) is 38.1 Å². The summed E-state index contributed by atoms with van der Waals surface area (Å²) in [7, 11) is 0. The fraction of sp³-hybridized carbons (Fsp3) is 0.625. The number of hydrogen-bond acceptors (Lipinski definition) is 2. The minimum absolute atomic E-state index is 0.170. The zero-order valence-electron chi connectivity index (χ0n) is 11.9. The van der Waals surface area contributed by atoms with Crippen LogP contribution in [-0.2, 0) is 11.2 Å². The summed E-state index contributed by atoms with van der Waals surface area (Å²) in [5.41, 5.74) is 2.67. The molecule has 1 aliphatic heterocycles. The van der Waals surface area contributed by atoms with Crippen molar-refractivity contribution in [3.63, 3.8) is 0 Å². The first-order valence-corrected chi connectivity index (χ1v) is 7.08. The number of nitrogens with one attached hydrogen (secondary N) is 1. The van der Waals surface area contributed by atoms with Crippen LogP contribution in [0.25, 0.3) is 0 Å². The van der Waals surface area contributed by atoms with Crippen LogP contribution < -0.4 is 5.32 Å². The number of aryl methyl sites for hydroxylation is 1. The zero-order chi connectivity index (χ0) is 13.1. The summed E-state index contributed by atoms with van der Waals surface area (Å²) in [5, 5.41) is 3.64. The van der Waals surface area contributed by atoms with Gasteiger partial charge in [-0.15, -0.1) is 0 Å². The highest BCUT2D eigenvalue weighted by molar-refractivity contribution is 5.25. The van der Waals surface area contributed by atoms with Gasteiger partial charge in [-0.05, 0) is 37.3 Å². The minimum Gasteiger partial charge on any atom is -0.372 e. The molecule has 1 fully saturated rings. The summed E-state index contributed by atoms with van der Waals surface area (Å²) in [6, 6.07) is 9.72. The number of ether oxygens (including phenoxy) is 1. The summed E-state index contributed by atoms with van der Waals surface area (Å²) in [6.07, 6.45) is 1.26. The Labute approximate surface area is 111 Å². The molecule has 0 aromatic heterocycles. The van der Waals surface area contributed by atoms with Gasteiger partial charge in [0, 0.05) is 12.1 Å². The van der Waals surface area contributed by atoms with Crippen molar-refractivity contribution in [3.05, 3.63) is 35.4 Å². The van der Waals surface area contributed by atoms with E-state index in [0.717, 1.165) is 13.0 Å². The molecule has 2 heteroatoms. The smallest absolute Gasteiger partial charge is 0.0975 e. The zero-order valence-corrected chi connectivity index (χ0v) is 11.9. The topological polar surface area (TPSA) is 21.3 Å². The monoisotopic (exact) mass is 247 g/mol. The molecule has 4 atom stereocenters. The Morgan fingerprint density at radius 3 is 2.39 bits per heavy atom. The van der Waals surface area contributed by atoms with Crippen LogP contribution in [0.4, 0.5) is 0 Å². The van der Waals surface area contributed by atoms with E-state index in [1.807, 2.05) is 0 Å². The average molecular weight is 247 g/mol. The maximum Gasteiger partial charge on any atom is 0.0975 e. The van der Waals surface area contributed by atoms with Crippen molar-refractivity contribution in [2.75, 3.05) is 6.61 Å². The second-order valence-corrected chi connectivity index (χ2v) is 5.57. The lowest BCUT2D eigenvalue weighted by Gasteiger charge is -2.24. The lowest BCUT2D eigenvalue weighted by atomic mass is 10.0. The Hall–Kier alpha value is -0.860. The van der Waals surface area contributed by atoms with Gasteiger partial charge in [0.2, 0.25) is 0 Å². The molecule has 18 heavy (non-hydrogen) atoms. The lowest BCUT2D eigenvalue weighted by molar-refractivity contribution is 0.0329. The Morgan fingerprint density at radius 2 is 1.78 bits per heavy atom. The maximum atomic E-state index is 6.09. The Bertz CT molecular complexity index is 373. The van der Waals surface area contributed by atoms with Crippen LogP contribution in [0.3, 0.4) is 0 Å². The van der Waals surface area contributed by atoms with E-state index >= 15 is 0 Å². The van der Waals surface area contributed by atoms with Gasteiger partial charge < -0.3 is 10.1 Å². The third-order valence-electron chi connectivity index (χ3n) is 4.09. The van der Waals surface area contributed by atoms with Crippen LogP contribution in [0.15, 0.2) is 24.3 Å². The van der Waals surface area contributed by atoms with E-state index in [1.54, 1.807) is 0 Å². The molecule has 2 nitrogen and oxygen atoms in total. The summed E-state index contributed by atoms with van der Waals surface area (Å²) < 4.78 is 6.09. The van der Waals surface area contributed by atoms with Crippen molar-refractivity contribution in [1.29, 1.82) is 0 Å². The fourth-order valence-corrected chi connectivity index (χ4v) is 2.54. The molecule has 1 N–H and O–H groups in total. The molecule has 1 heterocycles. The third-order valence-corrected chi connectivity index (χ3v) is 4.09. The van der Waals surface area contributed by atoms with Gasteiger partial charge in [0.25, 0.3) is 0 Å².